The average Bonchev–Trinajstić information content (AvgIpc) is 2.81. The number of hydrazine groups is 1. The normalized spacial score (nSPS) is 10.9. The highest BCUT2D eigenvalue weighted by molar-refractivity contribution is 5.66. The number of anilines is 1. The van der Waals surface area contributed by atoms with Crippen LogP contribution in [0.1, 0.15) is 11.3 Å². The van der Waals surface area contributed by atoms with Crippen molar-refractivity contribution in [3.8, 4) is 11.3 Å². The molecule has 0 saturated heterocycles. The number of nitrogens with two attached hydrogens (primary N) is 1. The topological polar surface area (TPSA) is 68.2 Å². The van der Waals surface area contributed by atoms with E-state index in [2.05, 4.69) is 34.6 Å². The van der Waals surface area contributed by atoms with Crippen LogP contribution in [0, 0.1) is 13.8 Å². The summed E-state index contributed by atoms with van der Waals surface area (Å²) in [5, 5.41) is 4.55. The third kappa shape index (κ3) is 2.04. The van der Waals surface area contributed by atoms with E-state index in [-0.39, 0.29) is 0 Å². The smallest absolute Gasteiger partial charge is 0.158 e. The number of hydrogen-bond acceptors (Lipinski definition) is 4. The molecule has 5 nitrogen and oxygen atoms in total. The standard InChI is InChI=1S/C14H15N5/c1-9-4-3-5-11(6-9)12-8-13-16-10(2)7-14(17-15)19(13)18-12/h3-8,17H,15H2,1-2H3. The van der Waals surface area contributed by atoms with Gasteiger partial charge < -0.3 is 5.43 Å². The summed E-state index contributed by atoms with van der Waals surface area (Å²) in [6.45, 7) is 3.99. The molecule has 0 amide bonds. The van der Waals surface area contributed by atoms with Crippen molar-refractivity contribution in [2.75, 3.05) is 5.43 Å². The summed E-state index contributed by atoms with van der Waals surface area (Å²) in [6, 6.07) is 12.0. The van der Waals surface area contributed by atoms with Crippen LogP contribution < -0.4 is 11.3 Å². The molecule has 0 aliphatic heterocycles. The number of aromatic nitrogens is 3. The molecule has 2 heterocycles. The van der Waals surface area contributed by atoms with Crippen LogP contribution >= 0.6 is 0 Å². The number of hydrogen-bond donors (Lipinski definition) is 2. The molecule has 3 aromatic rings. The number of fused-ring (bicyclic) bond motifs is 1. The number of rotatable bonds is 2. The second-order valence-electron chi connectivity index (χ2n) is 4.60. The SMILES string of the molecule is Cc1cccc(-c2cc3nc(C)cc(NN)n3n2)c1. The second kappa shape index (κ2) is 4.37. The van der Waals surface area contributed by atoms with Crippen LogP contribution in [-0.2, 0) is 0 Å². The van der Waals surface area contributed by atoms with Gasteiger partial charge in [-0.15, -0.1) is 0 Å². The van der Waals surface area contributed by atoms with Crippen LogP contribution in [0.4, 0.5) is 5.82 Å². The molecule has 0 saturated carbocycles. The molecule has 0 bridgehead atoms. The van der Waals surface area contributed by atoms with Gasteiger partial charge in [0.2, 0.25) is 0 Å². The van der Waals surface area contributed by atoms with Gasteiger partial charge in [-0.2, -0.15) is 9.61 Å². The zero-order valence-corrected chi connectivity index (χ0v) is 10.9. The summed E-state index contributed by atoms with van der Waals surface area (Å²) < 4.78 is 1.71. The second-order valence-corrected chi connectivity index (χ2v) is 4.60. The Hall–Kier alpha value is -2.40. The van der Waals surface area contributed by atoms with Gasteiger partial charge in [0.15, 0.2) is 5.65 Å². The Bertz CT molecular complexity index is 745. The van der Waals surface area contributed by atoms with Gasteiger partial charge in [-0.3, -0.25) is 0 Å². The van der Waals surface area contributed by atoms with Gasteiger partial charge in [-0.05, 0) is 19.9 Å². The predicted molar refractivity (Wildman–Crippen MR) is 75.7 cm³/mol. The highest BCUT2D eigenvalue weighted by Crippen LogP contribution is 2.22. The molecule has 0 aliphatic rings. The van der Waals surface area contributed by atoms with Crippen molar-refractivity contribution >= 4 is 11.5 Å². The minimum atomic E-state index is 0.724. The first-order valence-electron chi connectivity index (χ1n) is 6.08. The van der Waals surface area contributed by atoms with E-state index in [1.54, 1.807) is 4.52 Å². The monoisotopic (exact) mass is 253 g/mol. The van der Waals surface area contributed by atoms with E-state index in [1.807, 2.05) is 31.2 Å². The summed E-state index contributed by atoms with van der Waals surface area (Å²) in [4.78, 5) is 4.46. The van der Waals surface area contributed by atoms with Gasteiger partial charge in [0, 0.05) is 23.4 Å². The molecular formula is C14H15N5. The largest absolute Gasteiger partial charge is 0.308 e. The molecule has 0 radical (unpaired) electrons. The van der Waals surface area contributed by atoms with Crippen LogP contribution in [0.3, 0.4) is 0 Å². The van der Waals surface area contributed by atoms with Crippen LogP contribution in [0.15, 0.2) is 36.4 Å². The van der Waals surface area contributed by atoms with Gasteiger partial charge >= 0.3 is 0 Å². The Morgan fingerprint density at radius 2 is 2.00 bits per heavy atom. The van der Waals surface area contributed by atoms with Gasteiger partial charge in [-0.25, -0.2) is 10.8 Å². The van der Waals surface area contributed by atoms with E-state index in [0.717, 1.165) is 28.4 Å². The highest BCUT2D eigenvalue weighted by Gasteiger charge is 2.09. The first kappa shape index (κ1) is 11.7. The van der Waals surface area contributed by atoms with Crippen molar-refractivity contribution in [1.82, 2.24) is 14.6 Å². The van der Waals surface area contributed by atoms with Gasteiger partial charge in [0.25, 0.3) is 0 Å². The molecule has 0 fully saturated rings. The van der Waals surface area contributed by atoms with Gasteiger partial charge in [0.1, 0.15) is 5.82 Å². The molecule has 3 N–H and O–H groups in total. The highest BCUT2D eigenvalue weighted by atomic mass is 15.4. The van der Waals surface area contributed by atoms with Crippen molar-refractivity contribution in [2.24, 2.45) is 5.84 Å². The van der Waals surface area contributed by atoms with E-state index in [9.17, 15) is 0 Å². The van der Waals surface area contributed by atoms with Crippen LogP contribution in [-0.4, -0.2) is 14.6 Å². The Labute approximate surface area is 111 Å². The van der Waals surface area contributed by atoms with E-state index in [4.69, 9.17) is 5.84 Å². The minimum Gasteiger partial charge on any atom is -0.308 e. The Morgan fingerprint density at radius 1 is 1.16 bits per heavy atom. The molecule has 19 heavy (non-hydrogen) atoms. The summed E-state index contributed by atoms with van der Waals surface area (Å²) in [7, 11) is 0. The van der Waals surface area contributed by atoms with E-state index < -0.39 is 0 Å². The molecule has 3 rings (SSSR count). The number of aryl methyl sites for hydroxylation is 2. The lowest BCUT2D eigenvalue weighted by molar-refractivity contribution is 0.930. The first-order chi connectivity index (χ1) is 9.17. The quantitative estimate of drug-likeness (QED) is 0.543. The minimum absolute atomic E-state index is 0.724. The van der Waals surface area contributed by atoms with Crippen LogP contribution in [0.2, 0.25) is 0 Å². The number of nitrogens with one attached hydrogen (secondary N) is 1. The Balaban J connectivity index is 2.21. The molecule has 0 atom stereocenters. The molecule has 0 aliphatic carbocycles. The predicted octanol–water partition coefficient (Wildman–Crippen LogP) is 2.30. The van der Waals surface area contributed by atoms with Crippen LogP contribution in [0.25, 0.3) is 16.9 Å². The van der Waals surface area contributed by atoms with Gasteiger partial charge in [0.05, 0.1) is 5.69 Å². The van der Waals surface area contributed by atoms with E-state index >= 15 is 0 Å². The molecule has 0 spiro atoms. The number of nitrogens with zero attached hydrogens (tertiary/aromatic N) is 3. The fourth-order valence-electron chi connectivity index (χ4n) is 2.15. The third-order valence-corrected chi connectivity index (χ3v) is 3.02. The van der Waals surface area contributed by atoms with E-state index in [0.29, 0.717) is 0 Å². The van der Waals surface area contributed by atoms with Crippen molar-refractivity contribution in [3.63, 3.8) is 0 Å². The van der Waals surface area contributed by atoms with Crippen molar-refractivity contribution < 1.29 is 0 Å². The molecule has 0 unspecified atom stereocenters. The summed E-state index contributed by atoms with van der Waals surface area (Å²) in [5.41, 5.74) is 7.50. The lowest BCUT2D eigenvalue weighted by Gasteiger charge is -2.03. The van der Waals surface area contributed by atoms with Crippen molar-refractivity contribution in [1.29, 1.82) is 0 Å². The molecule has 96 valence electrons. The maximum atomic E-state index is 5.52. The lowest BCUT2D eigenvalue weighted by atomic mass is 10.1. The fraction of sp³-hybridized carbons (Fsp3) is 0.143. The Kier molecular flexibility index (Phi) is 2.68. The molecular weight excluding hydrogens is 238 g/mol. The van der Waals surface area contributed by atoms with Crippen molar-refractivity contribution in [2.45, 2.75) is 13.8 Å². The summed E-state index contributed by atoms with van der Waals surface area (Å²) in [6.07, 6.45) is 0. The Morgan fingerprint density at radius 3 is 2.74 bits per heavy atom. The number of benzene rings is 1. The molecule has 5 heteroatoms. The average molecular weight is 253 g/mol. The van der Waals surface area contributed by atoms with E-state index in [1.165, 1.54) is 5.56 Å². The van der Waals surface area contributed by atoms with Gasteiger partial charge in [-0.1, -0.05) is 23.8 Å². The zero-order chi connectivity index (χ0) is 13.4. The third-order valence-electron chi connectivity index (χ3n) is 3.02. The molecule has 2 aromatic heterocycles. The fourth-order valence-corrected chi connectivity index (χ4v) is 2.15. The van der Waals surface area contributed by atoms with Crippen LogP contribution in [0.5, 0.6) is 0 Å². The maximum absolute atomic E-state index is 5.52. The maximum Gasteiger partial charge on any atom is 0.158 e. The molecule has 1 aromatic carbocycles. The van der Waals surface area contributed by atoms with Crippen molar-refractivity contribution in [3.05, 3.63) is 47.7 Å². The summed E-state index contributed by atoms with van der Waals surface area (Å²) in [5.74, 6) is 6.24. The number of nitrogen functional groups attached to an aromatic ring is 1. The lowest BCUT2D eigenvalue weighted by Crippen LogP contribution is -2.12. The first-order valence-corrected chi connectivity index (χ1v) is 6.08. The summed E-state index contributed by atoms with van der Waals surface area (Å²) >= 11 is 0. The zero-order valence-electron chi connectivity index (χ0n) is 10.9.